The van der Waals surface area contributed by atoms with Gasteiger partial charge in [0.15, 0.2) is 4.80 Å². The van der Waals surface area contributed by atoms with Gasteiger partial charge in [0.25, 0.3) is 5.91 Å². The van der Waals surface area contributed by atoms with Gasteiger partial charge in [-0.15, -0.1) is 0 Å². The fourth-order valence-corrected chi connectivity index (χ4v) is 5.57. The average molecular weight is 440 g/mol. The molecule has 1 aromatic heterocycles. The van der Waals surface area contributed by atoms with E-state index in [1.807, 2.05) is 26.0 Å². The molecule has 2 aromatic rings. The van der Waals surface area contributed by atoms with Crippen molar-refractivity contribution in [2.45, 2.75) is 33.2 Å². The topological polar surface area (TPSA) is 98.0 Å². The van der Waals surface area contributed by atoms with Crippen molar-refractivity contribution in [1.29, 1.82) is 0 Å². The van der Waals surface area contributed by atoms with Crippen LogP contribution < -0.4 is 4.80 Å². The van der Waals surface area contributed by atoms with Gasteiger partial charge >= 0.3 is 5.97 Å². The van der Waals surface area contributed by atoms with E-state index in [1.165, 1.54) is 22.8 Å². The average Bonchev–Trinajstić information content (AvgIpc) is 2.98. The maximum atomic E-state index is 12.9. The maximum absolute atomic E-state index is 12.9. The Morgan fingerprint density at radius 2 is 2.03 bits per heavy atom. The number of fused-ring (bicyclic) bond motifs is 1. The number of nitrogens with zero attached hydrogens (tertiary/aromatic N) is 3. The van der Waals surface area contributed by atoms with Crippen molar-refractivity contribution in [3.8, 4) is 0 Å². The number of benzene rings is 1. The van der Waals surface area contributed by atoms with Crippen molar-refractivity contribution in [2.24, 2.45) is 10.9 Å². The molecule has 0 N–H and O–H groups in total. The van der Waals surface area contributed by atoms with Crippen LogP contribution in [0.5, 0.6) is 0 Å². The van der Waals surface area contributed by atoms with E-state index in [0.29, 0.717) is 24.2 Å². The van der Waals surface area contributed by atoms with Crippen LogP contribution in [0.3, 0.4) is 0 Å². The number of rotatable bonds is 4. The SMILES string of the molecule is COC(=O)Cn1c(=NC(=O)[C@@H]2CCCN(S(C)(=O)=O)C2)sc2c(C)cc(C)cc21. The minimum absolute atomic E-state index is 0.0500. The number of amides is 1. The molecule has 0 saturated carbocycles. The fourth-order valence-electron chi connectivity index (χ4n) is 3.58. The lowest BCUT2D eigenvalue weighted by atomic mass is 9.99. The quantitative estimate of drug-likeness (QED) is 0.674. The summed E-state index contributed by atoms with van der Waals surface area (Å²) in [5, 5.41) is 0. The first-order valence-corrected chi connectivity index (χ1v) is 12.0. The standard InChI is InChI=1S/C19H25N3O5S2/c1-12-8-13(2)17-15(9-12)22(11-16(23)27-3)19(28-17)20-18(24)14-6-5-7-21(10-14)29(4,25)26/h8-9,14H,5-7,10-11H2,1-4H3/t14-/m1/s1. The summed E-state index contributed by atoms with van der Waals surface area (Å²) in [7, 11) is -2.03. The Labute approximate surface area is 173 Å². The van der Waals surface area contributed by atoms with Crippen LogP contribution in [0.1, 0.15) is 24.0 Å². The summed E-state index contributed by atoms with van der Waals surface area (Å²) in [6.07, 6.45) is 2.36. The van der Waals surface area contributed by atoms with Gasteiger partial charge in [-0.2, -0.15) is 4.99 Å². The van der Waals surface area contributed by atoms with Crippen molar-refractivity contribution in [2.75, 3.05) is 26.5 Å². The molecule has 1 saturated heterocycles. The molecule has 1 amide bonds. The molecule has 10 heteroatoms. The molecule has 0 bridgehead atoms. The number of methoxy groups -OCH3 is 1. The normalized spacial score (nSPS) is 18.9. The number of hydrogen-bond acceptors (Lipinski definition) is 6. The van der Waals surface area contributed by atoms with Crippen LogP contribution in [-0.4, -0.2) is 55.6 Å². The Hall–Kier alpha value is -2.04. The molecule has 0 radical (unpaired) electrons. The molecule has 8 nitrogen and oxygen atoms in total. The van der Waals surface area contributed by atoms with Crippen molar-refractivity contribution in [3.63, 3.8) is 0 Å². The summed E-state index contributed by atoms with van der Waals surface area (Å²) in [6.45, 7) is 4.46. The van der Waals surface area contributed by atoms with E-state index in [0.717, 1.165) is 27.6 Å². The van der Waals surface area contributed by atoms with Crippen LogP contribution in [-0.2, 0) is 30.9 Å². The Balaban J connectivity index is 2.04. The number of hydrogen-bond donors (Lipinski definition) is 0. The third-order valence-electron chi connectivity index (χ3n) is 5.04. The van der Waals surface area contributed by atoms with Gasteiger partial charge in [0.2, 0.25) is 10.0 Å². The molecule has 0 spiro atoms. The Kier molecular flexibility index (Phi) is 6.25. The largest absolute Gasteiger partial charge is 0.468 e. The number of carbonyl (C=O) groups excluding carboxylic acids is 2. The second-order valence-electron chi connectivity index (χ2n) is 7.39. The number of aryl methyl sites for hydroxylation is 2. The second kappa shape index (κ2) is 8.37. The molecular weight excluding hydrogens is 414 g/mol. The van der Waals surface area contributed by atoms with Crippen molar-refractivity contribution >= 4 is 43.5 Å². The van der Waals surface area contributed by atoms with Crippen LogP contribution in [0.2, 0.25) is 0 Å². The molecule has 1 aliphatic heterocycles. The Morgan fingerprint density at radius 1 is 1.31 bits per heavy atom. The predicted molar refractivity (Wildman–Crippen MR) is 111 cm³/mol. The fraction of sp³-hybridized carbons (Fsp3) is 0.526. The summed E-state index contributed by atoms with van der Waals surface area (Å²) in [5.41, 5.74) is 2.91. The molecule has 1 fully saturated rings. The maximum Gasteiger partial charge on any atom is 0.325 e. The van der Waals surface area contributed by atoms with E-state index >= 15 is 0 Å². The van der Waals surface area contributed by atoms with Crippen molar-refractivity contribution in [3.05, 3.63) is 28.1 Å². The van der Waals surface area contributed by atoms with E-state index in [1.54, 1.807) is 4.57 Å². The summed E-state index contributed by atoms with van der Waals surface area (Å²) >= 11 is 1.35. The van der Waals surface area contributed by atoms with Gasteiger partial charge in [-0.1, -0.05) is 17.4 Å². The summed E-state index contributed by atoms with van der Waals surface area (Å²) in [4.78, 5) is 29.5. The highest BCUT2D eigenvalue weighted by molar-refractivity contribution is 7.88. The van der Waals surface area contributed by atoms with Gasteiger partial charge in [-0.25, -0.2) is 12.7 Å². The highest BCUT2D eigenvalue weighted by Gasteiger charge is 2.30. The lowest BCUT2D eigenvalue weighted by Gasteiger charge is -2.28. The second-order valence-corrected chi connectivity index (χ2v) is 10.3. The van der Waals surface area contributed by atoms with E-state index in [-0.39, 0.29) is 19.0 Å². The van der Waals surface area contributed by atoms with Gasteiger partial charge in [-0.3, -0.25) is 9.59 Å². The Bertz CT molecular complexity index is 1130. The molecular formula is C19H25N3O5S2. The molecule has 1 aromatic carbocycles. The lowest BCUT2D eigenvalue weighted by molar-refractivity contribution is -0.141. The third-order valence-corrected chi connectivity index (χ3v) is 7.54. The lowest BCUT2D eigenvalue weighted by Crippen LogP contribution is -2.41. The van der Waals surface area contributed by atoms with Crippen LogP contribution in [0, 0.1) is 19.8 Å². The number of thiazole rings is 1. The first kappa shape index (κ1) is 21.7. The van der Waals surface area contributed by atoms with Crippen LogP contribution in [0.25, 0.3) is 10.2 Å². The minimum Gasteiger partial charge on any atom is -0.468 e. The smallest absolute Gasteiger partial charge is 0.325 e. The van der Waals surface area contributed by atoms with Crippen LogP contribution >= 0.6 is 11.3 Å². The first-order chi connectivity index (χ1) is 13.6. The predicted octanol–water partition coefficient (Wildman–Crippen LogP) is 1.59. The summed E-state index contributed by atoms with van der Waals surface area (Å²) in [5.74, 6) is -1.28. The number of sulfonamides is 1. The molecule has 0 unspecified atom stereocenters. The molecule has 158 valence electrons. The van der Waals surface area contributed by atoms with Gasteiger partial charge in [0.05, 0.1) is 29.5 Å². The molecule has 29 heavy (non-hydrogen) atoms. The first-order valence-electron chi connectivity index (χ1n) is 9.31. The molecule has 0 aliphatic carbocycles. The van der Waals surface area contributed by atoms with E-state index in [2.05, 4.69) is 4.99 Å². The molecule has 2 heterocycles. The number of piperidine rings is 1. The number of aromatic nitrogens is 1. The van der Waals surface area contributed by atoms with Crippen LogP contribution in [0.4, 0.5) is 0 Å². The third kappa shape index (κ3) is 4.76. The van der Waals surface area contributed by atoms with Gasteiger partial charge in [0, 0.05) is 13.1 Å². The van der Waals surface area contributed by atoms with Crippen LogP contribution in [0.15, 0.2) is 17.1 Å². The zero-order valence-corrected chi connectivity index (χ0v) is 18.6. The zero-order valence-electron chi connectivity index (χ0n) is 17.0. The number of esters is 1. The minimum atomic E-state index is -3.35. The van der Waals surface area contributed by atoms with Crippen molar-refractivity contribution < 1.29 is 22.7 Å². The van der Waals surface area contributed by atoms with Gasteiger partial charge < -0.3 is 9.30 Å². The highest BCUT2D eigenvalue weighted by Crippen LogP contribution is 2.24. The van der Waals surface area contributed by atoms with E-state index < -0.39 is 21.9 Å². The number of ether oxygens (including phenoxy) is 1. The van der Waals surface area contributed by atoms with E-state index in [4.69, 9.17) is 4.74 Å². The molecule has 1 atom stereocenters. The summed E-state index contributed by atoms with van der Waals surface area (Å²) < 4.78 is 32.5. The zero-order chi connectivity index (χ0) is 21.3. The molecule has 1 aliphatic rings. The molecule has 3 rings (SSSR count). The van der Waals surface area contributed by atoms with E-state index in [9.17, 15) is 18.0 Å². The highest BCUT2D eigenvalue weighted by atomic mass is 32.2. The van der Waals surface area contributed by atoms with Gasteiger partial charge in [-0.05, 0) is 43.9 Å². The van der Waals surface area contributed by atoms with Gasteiger partial charge in [0.1, 0.15) is 6.54 Å². The number of carbonyl (C=O) groups is 2. The monoisotopic (exact) mass is 439 g/mol. The van der Waals surface area contributed by atoms with Crippen molar-refractivity contribution in [1.82, 2.24) is 8.87 Å². The summed E-state index contributed by atoms with van der Waals surface area (Å²) in [6, 6.07) is 4.00. The Morgan fingerprint density at radius 3 is 2.69 bits per heavy atom.